The number of aliphatic hydroxyl groups is 1. The molecule has 72 valence electrons. The van der Waals surface area contributed by atoms with Crippen LogP contribution < -0.4 is 0 Å². The van der Waals surface area contributed by atoms with E-state index in [0.717, 1.165) is 26.1 Å². The van der Waals surface area contributed by atoms with Crippen LogP contribution in [0.4, 0.5) is 0 Å². The van der Waals surface area contributed by atoms with Crippen molar-refractivity contribution in [3.8, 4) is 0 Å². The molecule has 0 aromatic rings. The van der Waals surface area contributed by atoms with E-state index >= 15 is 0 Å². The first-order chi connectivity index (χ1) is 5.84. The topological polar surface area (TPSA) is 29.5 Å². The third-order valence-corrected chi connectivity index (χ3v) is 2.60. The Hall–Kier alpha value is -0.0800. The lowest BCUT2D eigenvalue weighted by molar-refractivity contribution is 0.0246. The highest BCUT2D eigenvalue weighted by Crippen LogP contribution is 2.30. The van der Waals surface area contributed by atoms with Crippen molar-refractivity contribution in [3.05, 3.63) is 0 Å². The fourth-order valence-corrected chi connectivity index (χ4v) is 1.51. The molecule has 1 unspecified atom stereocenters. The molecule has 1 fully saturated rings. The van der Waals surface area contributed by atoms with Gasteiger partial charge in [0.2, 0.25) is 0 Å². The van der Waals surface area contributed by atoms with Crippen molar-refractivity contribution in [2.24, 2.45) is 5.92 Å². The van der Waals surface area contributed by atoms with Gasteiger partial charge in [0, 0.05) is 13.2 Å². The molecule has 2 heteroatoms. The molecule has 2 nitrogen and oxygen atoms in total. The SMILES string of the molecule is CCCOCCC(O)C1CCC1. The van der Waals surface area contributed by atoms with Crippen LogP contribution >= 0.6 is 0 Å². The summed E-state index contributed by atoms with van der Waals surface area (Å²) in [5.41, 5.74) is 0. The van der Waals surface area contributed by atoms with Gasteiger partial charge in [-0.3, -0.25) is 0 Å². The van der Waals surface area contributed by atoms with Gasteiger partial charge in [0.15, 0.2) is 0 Å². The quantitative estimate of drug-likeness (QED) is 0.621. The Labute approximate surface area is 74.9 Å². The number of hydrogen-bond acceptors (Lipinski definition) is 2. The highest BCUT2D eigenvalue weighted by atomic mass is 16.5. The van der Waals surface area contributed by atoms with E-state index in [0.29, 0.717) is 5.92 Å². The standard InChI is InChI=1S/C10H20O2/c1-2-7-12-8-6-10(11)9-4-3-5-9/h9-11H,2-8H2,1H3. The van der Waals surface area contributed by atoms with Crippen LogP contribution in [0.1, 0.15) is 39.0 Å². The number of ether oxygens (including phenoxy) is 1. The first-order valence-electron chi connectivity index (χ1n) is 5.10. The van der Waals surface area contributed by atoms with Crippen molar-refractivity contribution in [1.82, 2.24) is 0 Å². The Morgan fingerprint density at radius 3 is 2.67 bits per heavy atom. The normalized spacial score (nSPS) is 20.5. The largest absolute Gasteiger partial charge is 0.393 e. The van der Waals surface area contributed by atoms with Gasteiger partial charge >= 0.3 is 0 Å². The van der Waals surface area contributed by atoms with Crippen LogP contribution in [0.25, 0.3) is 0 Å². The minimum atomic E-state index is -0.101. The molecule has 0 heterocycles. The van der Waals surface area contributed by atoms with Gasteiger partial charge in [0.1, 0.15) is 0 Å². The average Bonchev–Trinajstić information content (AvgIpc) is 1.95. The molecule has 0 aromatic heterocycles. The summed E-state index contributed by atoms with van der Waals surface area (Å²) in [4.78, 5) is 0. The summed E-state index contributed by atoms with van der Waals surface area (Å²) < 4.78 is 5.31. The molecule has 0 bridgehead atoms. The maximum absolute atomic E-state index is 9.59. The predicted octanol–water partition coefficient (Wildman–Crippen LogP) is 1.96. The van der Waals surface area contributed by atoms with Gasteiger partial charge in [-0.05, 0) is 31.6 Å². The average molecular weight is 172 g/mol. The molecule has 0 spiro atoms. The molecule has 0 aromatic carbocycles. The Morgan fingerprint density at radius 2 is 2.17 bits per heavy atom. The molecule has 0 amide bonds. The molecule has 1 rings (SSSR count). The third kappa shape index (κ3) is 3.11. The van der Waals surface area contributed by atoms with Crippen LogP contribution in [0.3, 0.4) is 0 Å². The fraction of sp³-hybridized carbons (Fsp3) is 1.00. The summed E-state index contributed by atoms with van der Waals surface area (Å²) in [7, 11) is 0. The molecule has 1 aliphatic carbocycles. The van der Waals surface area contributed by atoms with Gasteiger partial charge in [0.05, 0.1) is 6.10 Å². The van der Waals surface area contributed by atoms with Crippen LogP contribution in [0.2, 0.25) is 0 Å². The Balaban J connectivity index is 1.91. The number of rotatable bonds is 6. The van der Waals surface area contributed by atoms with E-state index in [1.165, 1.54) is 19.3 Å². The molecule has 0 radical (unpaired) electrons. The zero-order valence-corrected chi connectivity index (χ0v) is 7.96. The van der Waals surface area contributed by atoms with E-state index in [-0.39, 0.29) is 6.10 Å². The highest BCUT2D eigenvalue weighted by molar-refractivity contribution is 4.76. The Bertz CT molecular complexity index is 110. The Kier molecular flexibility index (Phi) is 4.62. The summed E-state index contributed by atoms with van der Waals surface area (Å²) in [6, 6.07) is 0. The van der Waals surface area contributed by atoms with Gasteiger partial charge in [-0.15, -0.1) is 0 Å². The summed E-state index contributed by atoms with van der Waals surface area (Å²) >= 11 is 0. The van der Waals surface area contributed by atoms with Crippen LogP contribution in [-0.4, -0.2) is 24.4 Å². The van der Waals surface area contributed by atoms with Gasteiger partial charge in [0.25, 0.3) is 0 Å². The van der Waals surface area contributed by atoms with Gasteiger partial charge in [-0.1, -0.05) is 13.3 Å². The Morgan fingerprint density at radius 1 is 1.42 bits per heavy atom. The zero-order chi connectivity index (χ0) is 8.81. The summed E-state index contributed by atoms with van der Waals surface area (Å²) in [6.07, 6.45) is 5.53. The lowest BCUT2D eigenvalue weighted by Crippen LogP contribution is -2.27. The van der Waals surface area contributed by atoms with Crippen LogP contribution in [0.5, 0.6) is 0 Å². The number of hydrogen-bond donors (Lipinski definition) is 1. The van der Waals surface area contributed by atoms with E-state index in [4.69, 9.17) is 4.74 Å². The second-order valence-corrected chi connectivity index (χ2v) is 3.66. The van der Waals surface area contributed by atoms with Crippen molar-refractivity contribution in [1.29, 1.82) is 0 Å². The minimum Gasteiger partial charge on any atom is -0.393 e. The van der Waals surface area contributed by atoms with E-state index in [2.05, 4.69) is 6.92 Å². The molecule has 0 saturated heterocycles. The maximum atomic E-state index is 9.59. The molecule has 1 saturated carbocycles. The lowest BCUT2D eigenvalue weighted by Gasteiger charge is -2.30. The van der Waals surface area contributed by atoms with E-state index < -0.39 is 0 Å². The molecule has 1 N–H and O–H groups in total. The lowest BCUT2D eigenvalue weighted by atomic mass is 9.80. The molecule has 12 heavy (non-hydrogen) atoms. The highest BCUT2D eigenvalue weighted by Gasteiger charge is 2.24. The van der Waals surface area contributed by atoms with Crippen molar-refractivity contribution in [3.63, 3.8) is 0 Å². The van der Waals surface area contributed by atoms with Gasteiger partial charge in [-0.2, -0.15) is 0 Å². The number of aliphatic hydroxyl groups excluding tert-OH is 1. The molecular formula is C10H20O2. The zero-order valence-electron chi connectivity index (χ0n) is 7.96. The van der Waals surface area contributed by atoms with Crippen LogP contribution in [0.15, 0.2) is 0 Å². The second kappa shape index (κ2) is 5.55. The van der Waals surface area contributed by atoms with Gasteiger partial charge < -0.3 is 9.84 Å². The smallest absolute Gasteiger partial charge is 0.0590 e. The minimum absolute atomic E-state index is 0.101. The van der Waals surface area contributed by atoms with E-state index in [9.17, 15) is 5.11 Å². The molecule has 0 aliphatic heterocycles. The van der Waals surface area contributed by atoms with E-state index in [1.54, 1.807) is 0 Å². The predicted molar refractivity (Wildman–Crippen MR) is 49.1 cm³/mol. The molecular weight excluding hydrogens is 152 g/mol. The first-order valence-corrected chi connectivity index (χ1v) is 5.10. The van der Waals surface area contributed by atoms with Crippen molar-refractivity contribution in [2.75, 3.05) is 13.2 Å². The molecule has 1 atom stereocenters. The van der Waals surface area contributed by atoms with Crippen molar-refractivity contribution in [2.45, 2.75) is 45.1 Å². The van der Waals surface area contributed by atoms with Crippen molar-refractivity contribution < 1.29 is 9.84 Å². The van der Waals surface area contributed by atoms with E-state index in [1.807, 2.05) is 0 Å². The monoisotopic (exact) mass is 172 g/mol. The first kappa shape index (κ1) is 10.0. The van der Waals surface area contributed by atoms with Gasteiger partial charge in [-0.25, -0.2) is 0 Å². The van der Waals surface area contributed by atoms with Crippen LogP contribution in [0, 0.1) is 5.92 Å². The second-order valence-electron chi connectivity index (χ2n) is 3.66. The van der Waals surface area contributed by atoms with Crippen LogP contribution in [-0.2, 0) is 4.74 Å². The summed E-state index contributed by atoms with van der Waals surface area (Å²) in [6.45, 7) is 3.66. The maximum Gasteiger partial charge on any atom is 0.0590 e. The fourth-order valence-electron chi connectivity index (χ4n) is 1.51. The summed E-state index contributed by atoms with van der Waals surface area (Å²) in [5.74, 6) is 0.579. The van der Waals surface area contributed by atoms with Crippen molar-refractivity contribution >= 4 is 0 Å². The third-order valence-electron chi connectivity index (χ3n) is 2.60. The summed E-state index contributed by atoms with van der Waals surface area (Å²) in [5, 5.41) is 9.59. The molecule has 1 aliphatic rings.